The minimum Gasteiger partial charge on any atom is -0.352 e. The van der Waals surface area contributed by atoms with Gasteiger partial charge >= 0.3 is 0 Å². The van der Waals surface area contributed by atoms with Crippen LogP contribution in [-0.2, 0) is 26.2 Å². The lowest BCUT2D eigenvalue weighted by molar-refractivity contribution is -0.139. The first kappa shape index (κ1) is 27.9. The Morgan fingerprint density at radius 1 is 1.00 bits per heavy atom. The van der Waals surface area contributed by atoms with E-state index in [1.54, 1.807) is 19.1 Å². The Morgan fingerprint density at radius 3 is 2.21 bits per heavy atom. The van der Waals surface area contributed by atoms with Gasteiger partial charge in [-0.3, -0.25) is 13.9 Å². The first-order valence-electron chi connectivity index (χ1n) is 11.2. The van der Waals surface area contributed by atoms with Crippen LogP contribution in [0, 0.1) is 0 Å². The lowest BCUT2D eigenvalue weighted by Crippen LogP contribution is -2.52. The Hall–Kier alpha value is -2.39. The molecule has 1 atom stereocenters. The molecular formula is C25H34BrN3O4S. The summed E-state index contributed by atoms with van der Waals surface area (Å²) in [6.45, 7) is 9.04. The number of anilines is 1. The Bertz CT molecular complexity index is 1120. The zero-order valence-corrected chi connectivity index (χ0v) is 23.0. The van der Waals surface area contributed by atoms with Crippen molar-refractivity contribution in [2.24, 2.45) is 0 Å². The monoisotopic (exact) mass is 551 g/mol. The summed E-state index contributed by atoms with van der Waals surface area (Å²) in [7, 11) is -3.77. The fourth-order valence-corrected chi connectivity index (χ4v) is 4.93. The van der Waals surface area contributed by atoms with Gasteiger partial charge in [-0.2, -0.15) is 0 Å². The third kappa shape index (κ3) is 7.56. The van der Waals surface area contributed by atoms with Crippen LogP contribution in [-0.4, -0.2) is 50.0 Å². The maximum Gasteiger partial charge on any atom is 0.244 e. The summed E-state index contributed by atoms with van der Waals surface area (Å²) in [6, 6.07) is 13.7. The van der Waals surface area contributed by atoms with Crippen LogP contribution in [0.3, 0.4) is 0 Å². The van der Waals surface area contributed by atoms with Gasteiger partial charge in [0, 0.05) is 17.1 Å². The van der Waals surface area contributed by atoms with Crippen molar-refractivity contribution < 1.29 is 18.0 Å². The molecule has 1 N–H and O–H groups in total. The van der Waals surface area contributed by atoms with Crippen LogP contribution in [0.15, 0.2) is 53.0 Å². The zero-order valence-electron chi connectivity index (χ0n) is 20.6. The molecule has 0 radical (unpaired) electrons. The number of hydrogen-bond acceptors (Lipinski definition) is 4. The van der Waals surface area contributed by atoms with Crippen molar-refractivity contribution in [1.82, 2.24) is 10.2 Å². The van der Waals surface area contributed by atoms with E-state index in [0.717, 1.165) is 26.2 Å². The molecule has 2 aromatic rings. The van der Waals surface area contributed by atoms with E-state index >= 15 is 0 Å². The van der Waals surface area contributed by atoms with Crippen molar-refractivity contribution in [3.8, 4) is 0 Å². The number of rotatable bonds is 10. The molecule has 34 heavy (non-hydrogen) atoms. The highest BCUT2D eigenvalue weighted by atomic mass is 79.9. The average molecular weight is 553 g/mol. The SMILES string of the molecule is CC(C)NC(=O)C(C)N(Cc1cccc(Br)c1)C(=O)CN(c1ccccc1C(C)C)S(C)(=O)=O. The number of carbonyl (C=O) groups is 2. The number of benzene rings is 2. The molecule has 1 unspecified atom stereocenters. The fraction of sp³-hybridized carbons (Fsp3) is 0.440. The number of amides is 2. The number of nitrogens with zero attached hydrogens (tertiary/aromatic N) is 2. The van der Waals surface area contributed by atoms with E-state index in [0.29, 0.717) is 5.69 Å². The third-order valence-electron chi connectivity index (χ3n) is 5.35. The first-order chi connectivity index (χ1) is 15.8. The van der Waals surface area contributed by atoms with Crippen molar-refractivity contribution in [3.63, 3.8) is 0 Å². The van der Waals surface area contributed by atoms with Crippen molar-refractivity contribution in [2.45, 2.75) is 59.2 Å². The van der Waals surface area contributed by atoms with Crippen molar-refractivity contribution in [2.75, 3.05) is 17.1 Å². The van der Waals surface area contributed by atoms with Crippen LogP contribution in [0.1, 0.15) is 51.7 Å². The maximum absolute atomic E-state index is 13.6. The summed E-state index contributed by atoms with van der Waals surface area (Å²) in [5.41, 5.74) is 2.11. The maximum atomic E-state index is 13.6. The van der Waals surface area contributed by atoms with Gasteiger partial charge in [0.05, 0.1) is 11.9 Å². The molecule has 9 heteroatoms. The van der Waals surface area contributed by atoms with Gasteiger partial charge in [-0.05, 0) is 56.0 Å². The second kappa shape index (κ2) is 11.8. The number of nitrogens with one attached hydrogen (secondary N) is 1. The molecule has 0 aromatic heterocycles. The molecule has 0 aliphatic rings. The lowest BCUT2D eigenvalue weighted by Gasteiger charge is -2.32. The standard InChI is InChI=1S/C25H34BrN3O4S/c1-17(2)22-12-7-8-13-23(22)29(34(6,32)33)16-24(30)28(19(5)25(31)27-18(3)4)15-20-10-9-11-21(26)14-20/h7-14,17-19H,15-16H2,1-6H3,(H,27,31). The van der Waals surface area contributed by atoms with Crippen molar-refractivity contribution >= 4 is 43.5 Å². The second-order valence-electron chi connectivity index (χ2n) is 8.97. The molecule has 2 aromatic carbocycles. The zero-order chi connectivity index (χ0) is 25.6. The molecular weight excluding hydrogens is 518 g/mol. The normalized spacial score (nSPS) is 12.5. The Morgan fingerprint density at radius 2 is 1.65 bits per heavy atom. The Balaban J connectivity index is 2.46. The van der Waals surface area contributed by atoms with Gasteiger partial charge in [0.2, 0.25) is 21.8 Å². The van der Waals surface area contributed by atoms with E-state index in [4.69, 9.17) is 0 Å². The van der Waals surface area contributed by atoms with E-state index in [1.807, 2.05) is 64.1 Å². The highest BCUT2D eigenvalue weighted by Crippen LogP contribution is 2.29. The molecule has 0 heterocycles. The molecule has 186 valence electrons. The van der Waals surface area contributed by atoms with Crippen molar-refractivity contribution in [3.05, 3.63) is 64.1 Å². The summed E-state index contributed by atoms with van der Waals surface area (Å²) in [5.74, 6) is -0.703. The molecule has 0 saturated heterocycles. The number of para-hydroxylation sites is 1. The van der Waals surface area contributed by atoms with Gasteiger partial charge in [-0.1, -0.05) is 60.1 Å². The molecule has 0 spiro atoms. The highest BCUT2D eigenvalue weighted by Gasteiger charge is 2.31. The molecule has 0 bridgehead atoms. The van der Waals surface area contributed by atoms with Gasteiger partial charge in [0.1, 0.15) is 12.6 Å². The van der Waals surface area contributed by atoms with E-state index < -0.39 is 28.5 Å². The molecule has 7 nitrogen and oxygen atoms in total. The summed E-state index contributed by atoms with van der Waals surface area (Å²) in [5, 5.41) is 2.84. The van der Waals surface area contributed by atoms with Crippen LogP contribution in [0.4, 0.5) is 5.69 Å². The van der Waals surface area contributed by atoms with Crippen LogP contribution in [0.5, 0.6) is 0 Å². The molecule has 2 amide bonds. The van der Waals surface area contributed by atoms with Crippen molar-refractivity contribution in [1.29, 1.82) is 0 Å². The second-order valence-corrected chi connectivity index (χ2v) is 11.8. The smallest absolute Gasteiger partial charge is 0.244 e. The van der Waals surface area contributed by atoms with Crippen LogP contribution in [0.2, 0.25) is 0 Å². The topological polar surface area (TPSA) is 86.8 Å². The molecule has 0 fully saturated rings. The number of hydrogen-bond donors (Lipinski definition) is 1. The predicted molar refractivity (Wildman–Crippen MR) is 140 cm³/mol. The van der Waals surface area contributed by atoms with Crippen LogP contribution < -0.4 is 9.62 Å². The quantitative estimate of drug-likeness (QED) is 0.477. The largest absolute Gasteiger partial charge is 0.352 e. The summed E-state index contributed by atoms with van der Waals surface area (Å²) in [6.07, 6.45) is 1.09. The summed E-state index contributed by atoms with van der Waals surface area (Å²) >= 11 is 3.44. The first-order valence-corrected chi connectivity index (χ1v) is 13.9. The Labute approximate surface area is 211 Å². The van der Waals surface area contributed by atoms with Gasteiger partial charge in [0.15, 0.2) is 0 Å². The molecule has 0 aliphatic heterocycles. The number of carbonyl (C=O) groups excluding carboxylic acids is 2. The van der Waals surface area contributed by atoms with Gasteiger partial charge < -0.3 is 10.2 Å². The van der Waals surface area contributed by atoms with E-state index in [1.165, 1.54) is 4.90 Å². The number of halogens is 1. The molecule has 0 saturated carbocycles. The predicted octanol–water partition coefficient (Wildman–Crippen LogP) is 4.28. The Kier molecular flexibility index (Phi) is 9.70. The average Bonchev–Trinajstić information content (AvgIpc) is 2.74. The number of sulfonamides is 1. The lowest BCUT2D eigenvalue weighted by atomic mass is 10.0. The summed E-state index contributed by atoms with van der Waals surface area (Å²) in [4.78, 5) is 27.8. The highest BCUT2D eigenvalue weighted by molar-refractivity contribution is 9.10. The third-order valence-corrected chi connectivity index (χ3v) is 6.97. The van der Waals surface area contributed by atoms with E-state index in [9.17, 15) is 18.0 Å². The van der Waals surface area contributed by atoms with Crippen LogP contribution in [0.25, 0.3) is 0 Å². The minimum absolute atomic E-state index is 0.0593. The van der Waals surface area contributed by atoms with Gasteiger partial charge in [-0.15, -0.1) is 0 Å². The van der Waals surface area contributed by atoms with Gasteiger partial charge in [-0.25, -0.2) is 8.42 Å². The minimum atomic E-state index is -3.77. The summed E-state index contributed by atoms with van der Waals surface area (Å²) < 4.78 is 27.6. The molecule has 0 aliphatic carbocycles. The van der Waals surface area contributed by atoms with E-state index in [-0.39, 0.29) is 24.4 Å². The molecule has 2 rings (SSSR count). The van der Waals surface area contributed by atoms with Gasteiger partial charge in [0.25, 0.3) is 0 Å². The fourth-order valence-electron chi connectivity index (χ4n) is 3.62. The van der Waals surface area contributed by atoms with Crippen LogP contribution >= 0.6 is 15.9 Å². The van der Waals surface area contributed by atoms with E-state index in [2.05, 4.69) is 21.2 Å².